The fourth-order valence-electron chi connectivity index (χ4n) is 3.58. The molecule has 0 aliphatic carbocycles. The molecule has 1 fully saturated rings. The SMILES string of the molecule is COC1CC(C(=O)Nc2ccc(-c3ocnc3C(=O)O)cn2)N(C(=O)Nc2ccc(Cl)cc2)C1. The van der Waals surface area contributed by atoms with Crippen LogP contribution in [0.25, 0.3) is 11.3 Å². The van der Waals surface area contributed by atoms with Crippen LogP contribution < -0.4 is 10.6 Å². The number of nitrogens with zero attached hydrogens (tertiary/aromatic N) is 3. The molecular formula is C22H20ClN5O6. The van der Waals surface area contributed by atoms with E-state index in [1.165, 1.54) is 24.3 Å². The molecular weight excluding hydrogens is 466 g/mol. The van der Waals surface area contributed by atoms with Gasteiger partial charge in [0.15, 0.2) is 17.8 Å². The minimum Gasteiger partial charge on any atom is -0.476 e. The first-order valence-corrected chi connectivity index (χ1v) is 10.5. The molecule has 3 amide bonds. The summed E-state index contributed by atoms with van der Waals surface area (Å²) >= 11 is 5.88. The number of carboxylic acids is 1. The number of benzene rings is 1. The van der Waals surface area contributed by atoms with Crippen molar-refractivity contribution in [1.82, 2.24) is 14.9 Å². The van der Waals surface area contributed by atoms with E-state index in [0.717, 1.165) is 6.39 Å². The Kier molecular flexibility index (Phi) is 6.75. The topological polar surface area (TPSA) is 147 Å². The van der Waals surface area contributed by atoms with Gasteiger partial charge in [-0.3, -0.25) is 4.79 Å². The van der Waals surface area contributed by atoms with Crippen LogP contribution in [0.2, 0.25) is 5.02 Å². The van der Waals surface area contributed by atoms with Crippen molar-refractivity contribution in [2.45, 2.75) is 18.6 Å². The first kappa shape index (κ1) is 23.2. The van der Waals surface area contributed by atoms with E-state index in [1.807, 2.05) is 0 Å². The third kappa shape index (κ3) is 5.00. The van der Waals surface area contributed by atoms with Crippen LogP contribution in [0.3, 0.4) is 0 Å². The zero-order valence-electron chi connectivity index (χ0n) is 17.9. The number of ether oxygens (including phenoxy) is 1. The predicted octanol–water partition coefficient (Wildman–Crippen LogP) is 3.35. The first-order chi connectivity index (χ1) is 16.4. The summed E-state index contributed by atoms with van der Waals surface area (Å²) in [6.07, 6.45) is 2.40. The van der Waals surface area contributed by atoms with Crippen LogP contribution in [0.5, 0.6) is 0 Å². The van der Waals surface area contributed by atoms with Crippen LogP contribution in [-0.2, 0) is 9.53 Å². The van der Waals surface area contributed by atoms with E-state index in [4.69, 9.17) is 20.8 Å². The van der Waals surface area contributed by atoms with Gasteiger partial charge in [0.05, 0.1) is 6.10 Å². The van der Waals surface area contributed by atoms with E-state index >= 15 is 0 Å². The number of pyridine rings is 1. The molecule has 3 N–H and O–H groups in total. The number of urea groups is 1. The van der Waals surface area contributed by atoms with Crippen LogP contribution in [0.1, 0.15) is 16.9 Å². The standard InChI is InChI=1S/C22H20ClN5O6/c1-33-15-8-16(28(10-15)22(32)26-14-5-3-13(23)4-6-14)20(29)27-17-7-2-12(9-24-17)19-18(21(30)31)25-11-34-19/h2-7,9,11,15-16H,8,10H2,1H3,(H,26,32)(H,30,31)(H,24,27,29). The van der Waals surface area contributed by atoms with Gasteiger partial charge in [0.2, 0.25) is 5.91 Å². The van der Waals surface area contributed by atoms with Gasteiger partial charge in [-0.05, 0) is 36.4 Å². The van der Waals surface area contributed by atoms with Crippen molar-refractivity contribution in [3.05, 3.63) is 59.7 Å². The molecule has 1 saturated heterocycles. The maximum absolute atomic E-state index is 13.0. The Labute approximate surface area is 198 Å². The van der Waals surface area contributed by atoms with Gasteiger partial charge in [-0.2, -0.15) is 0 Å². The number of aromatic carboxylic acids is 1. The maximum Gasteiger partial charge on any atom is 0.358 e. The van der Waals surface area contributed by atoms with E-state index in [2.05, 4.69) is 20.6 Å². The van der Waals surface area contributed by atoms with E-state index in [0.29, 0.717) is 22.7 Å². The maximum atomic E-state index is 13.0. The highest BCUT2D eigenvalue weighted by Gasteiger charge is 2.40. The molecule has 1 aliphatic heterocycles. The zero-order valence-corrected chi connectivity index (χ0v) is 18.7. The molecule has 3 heterocycles. The number of carboxylic acid groups (broad SMARTS) is 1. The van der Waals surface area contributed by atoms with Crippen molar-refractivity contribution in [2.24, 2.45) is 0 Å². The number of halogens is 1. The molecule has 2 aromatic heterocycles. The molecule has 0 spiro atoms. The summed E-state index contributed by atoms with van der Waals surface area (Å²) in [6, 6.07) is 8.44. The van der Waals surface area contributed by atoms with Crippen LogP contribution in [0.4, 0.5) is 16.3 Å². The van der Waals surface area contributed by atoms with Gasteiger partial charge in [0.1, 0.15) is 11.9 Å². The number of hydrogen-bond acceptors (Lipinski definition) is 7. The summed E-state index contributed by atoms with van der Waals surface area (Å²) < 4.78 is 10.5. The molecule has 176 valence electrons. The highest BCUT2D eigenvalue weighted by molar-refractivity contribution is 6.30. The van der Waals surface area contributed by atoms with Gasteiger partial charge in [0.25, 0.3) is 0 Å². The number of methoxy groups -OCH3 is 1. The Hall–Kier alpha value is -3.96. The van der Waals surface area contributed by atoms with Gasteiger partial charge >= 0.3 is 12.0 Å². The minimum absolute atomic E-state index is 0.0571. The molecule has 11 nitrogen and oxygen atoms in total. The number of carbonyl (C=O) groups excluding carboxylic acids is 2. The van der Waals surface area contributed by atoms with Crippen LogP contribution in [0, 0.1) is 0 Å². The van der Waals surface area contributed by atoms with Crippen molar-refractivity contribution in [2.75, 3.05) is 24.3 Å². The molecule has 2 unspecified atom stereocenters. The summed E-state index contributed by atoms with van der Waals surface area (Å²) in [4.78, 5) is 46.3. The molecule has 1 aliphatic rings. The zero-order chi connectivity index (χ0) is 24.2. The van der Waals surface area contributed by atoms with Gasteiger partial charge in [-0.1, -0.05) is 11.6 Å². The summed E-state index contributed by atoms with van der Waals surface area (Å²) in [5.41, 5.74) is 0.689. The van der Waals surface area contributed by atoms with Gasteiger partial charge in [0, 0.05) is 42.5 Å². The number of carbonyl (C=O) groups is 3. The molecule has 34 heavy (non-hydrogen) atoms. The second-order valence-corrected chi connectivity index (χ2v) is 7.89. The van der Waals surface area contributed by atoms with Crippen molar-refractivity contribution in [3.8, 4) is 11.3 Å². The van der Waals surface area contributed by atoms with Crippen molar-refractivity contribution >= 4 is 41.0 Å². The van der Waals surface area contributed by atoms with Crippen LogP contribution >= 0.6 is 11.6 Å². The Balaban J connectivity index is 1.45. The largest absolute Gasteiger partial charge is 0.476 e. The second-order valence-electron chi connectivity index (χ2n) is 7.46. The number of hydrogen-bond donors (Lipinski definition) is 3. The van der Waals surface area contributed by atoms with Crippen molar-refractivity contribution < 1.29 is 28.6 Å². The number of nitrogens with one attached hydrogen (secondary N) is 2. The molecule has 0 radical (unpaired) electrons. The van der Waals surface area contributed by atoms with Crippen LogP contribution in [-0.4, -0.2) is 63.7 Å². The smallest absolute Gasteiger partial charge is 0.358 e. The molecule has 12 heteroatoms. The first-order valence-electron chi connectivity index (χ1n) is 10.2. The Bertz CT molecular complexity index is 1200. The second kappa shape index (κ2) is 9.89. The molecule has 0 saturated carbocycles. The third-order valence-corrected chi connectivity index (χ3v) is 5.55. The molecule has 0 bridgehead atoms. The van der Waals surface area contributed by atoms with Gasteiger partial charge < -0.3 is 29.8 Å². The lowest BCUT2D eigenvalue weighted by molar-refractivity contribution is -0.119. The average Bonchev–Trinajstić information content (AvgIpc) is 3.49. The summed E-state index contributed by atoms with van der Waals surface area (Å²) in [6.45, 7) is 0.240. The number of likely N-dealkylation sites (tertiary alicyclic amines) is 1. The molecule has 3 aromatic rings. The highest BCUT2D eigenvalue weighted by atomic mass is 35.5. The van der Waals surface area contributed by atoms with Crippen molar-refractivity contribution in [1.29, 1.82) is 0 Å². The summed E-state index contributed by atoms with van der Waals surface area (Å²) in [7, 11) is 1.52. The number of amides is 3. The monoisotopic (exact) mass is 485 g/mol. The van der Waals surface area contributed by atoms with E-state index in [1.54, 1.807) is 30.3 Å². The number of rotatable bonds is 6. The minimum atomic E-state index is -1.23. The average molecular weight is 486 g/mol. The summed E-state index contributed by atoms with van der Waals surface area (Å²) in [5, 5.41) is 15.2. The van der Waals surface area contributed by atoms with Gasteiger partial charge in [-0.25, -0.2) is 19.6 Å². The number of aromatic nitrogens is 2. The molecule has 4 rings (SSSR count). The molecule has 1 aromatic carbocycles. The van der Waals surface area contributed by atoms with E-state index in [9.17, 15) is 19.5 Å². The summed E-state index contributed by atoms with van der Waals surface area (Å²) in [5.74, 6) is -1.38. The van der Waals surface area contributed by atoms with E-state index in [-0.39, 0.29) is 29.9 Å². The lowest BCUT2D eigenvalue weighted by atomic mass is 10.1. The Morgan fingerprint density at radius 3 is 2.56 bits per heavy atom. The fraction of sp³-hybridized carbons (Fsp3) is 0.227. The number of anilines is 2. The highest BCUT2D eigenvalue weighted by Crippen LogP contribution is 2.25. The normalized spacial score (nSPS) is 17.4. The van der Waals surface area contributed by atoms with Crippen LogP contribution in [0.15, 0.2) is 53.4 Å². The Morgan fingerprint density at radius 2 is 1.91 bits per heavy atom. The molecule has 2 atom stereocenters. The quantitative estimate of drug-likeness (QED) is 0.481. The third-order valence-electron chi connectivity index (χ3n) is 5.30. The lowest BCUT2D eigenvalue weighted by Gasteiger charge is -2.24. The van der Waals surface area contributed by atoms with Crippen molar-refractivity contribution in [3.63, 3.8) is 0 Å². The fourth-order valence-corrected chi connectivity index (χ4v) is 3.71. The number of oxazole rings is 1. The predicted molar refractivity (Wildman–Crippen MR) is 122 cm³/mol. The lowest BCUT2D eigenvalue weighted by Crippen LogP contribution is -2.45. The van der Waals surface area contributed by atoms with Gasteiger partial charge in [-0.15, -0.1) is 0 Å². The van der Waals surface area contributed by atoms with E-state index < -0.39 is 23.9 Å². The Morgan fingerprint density at radius 1 is 1.15 bits per heavy atom.